The first-order valence-electron chi connectivity index (χ1n) is 5.09. The quantitative estimate of drug-likeness (QED) is 0.753. The Hall–Kier alpha value is -1.32. The minimum Gasteiger partial charge on any atom is -0.370 e. The van der Waals surface area contributed by atoms with E-state index in [-0.39, 0.29) is 0 Å². The van der Waals surface area contributed by atoms with Crippen LogP contribution in [0.1, 0.15) is 26.0 Å². The van der Waals surface area contributed by atoms with Crippen LogP contribution < -0.4 is 10.6 Å². The summed E-state index contributed by atoms with van der Waals surface area (Å²) in [5.74, 6) is 1.60. The second kappa shape index (κ2) is 5.42. The lowest BCUT2D eigenvalue weighted by atomic mass is 10.4. The molecular weight excluding hydrogens is 176 g/mol. The Labute approximate surface area is 85.2 Å². The summed E-state index contributed by atoms with van der Waals surface area (Å²) in [7, 11) is 0. The topological polar surface area (TPSA) is 49.8 Å². The van der Waals surface area contributed by atoms with Gasteiger partial charge in [0.15, 0.2) is 0 Å². The zero-order chi connectivity index (χ0) is 10.4. The van der Waals surface area contributed by atoms with Crippen molar-refractivity contribution in [2.24, 2.45) is 0 Å². The number of nitrogens with zero attached hydrogens (tertiary/aromatic N) is 2. The number of hydrogen-bond donors (Lipinski definition) is 2. The average molecular weight is 194 g/mol. The van der Waals surface area contributed by atoms with E-state index in [0.29, 0.717) is 5.95 Å². The minimum atomic E-state index is 0.700. The molecule has 0 spiro atoms. The molecule has 1 rings (SSSR count). The van der Waals surface area contributed by atoms with Gasteiger partial charge in [0.05, 0.1) is 0 Å². The highest BCUT2D eigenvalue weighted by atomic mass is 15.1. The molecule has 0 radical (unpaired) electrons. The van der Waals surface area contributed by atoms with E-state index in [4.69, 9.17) is 0 Å². The van der Waals surface area contributed by atoms with Crippen molar-refractivity contribution in [3.05, 3.63) is 11.8 Å². The molecule has 0 aromatic carbocycles. The summed E-state index contributed by atoms with van der Waals surface area (Å²) in [5.41, 5.74) is 0.981. The molecule has 0 atom stereocenters. The second-order valence-corrected chi connectivity index (χ2v) is 3.18. The van der Waals surface area contributed by atoms with E-state index in [1.54, 1.807) is 0 Å². The van der Waals surface area contributed by atoms with E-state index in [1.807, 2.05) is 19.9 Å². The SMILES string of the molecule is CCCNc1cc(C)nc(NCC)n1. The van der Waals surface area contributed by atoms with Crippen LogP contribution in [0.25, 0.3) is 0 Å². The van der Waals surface area contributed by atoms with E-state index >= 15 is 0 Å². The maximum absolute atomic E-state index is 4.33. The van der Waals surface area contributed by atoms with Crippen molar-refractivity contribution in [3.8, 4) is 0 Å². The Balaban J connectivity index is 2.73. The second-order valence-electron chi connectivity index (χ2n) is 3.18. The molecule has 4 nitrogen and oxygen atoms in total. The van der Waals surface area contributed by atoms with Gasteiger partial charge in [-0.05, 0) is 20.3 Å². The Morgan fingerprint density at radius 3 is 2.64 bits per heavy atom. The third-order valence-electron chi connectivity index (χ3n) is 1.75. The summed E-state index contributed by atoms with van der Waals surface area (Å²) in [4.78, 5) is 8.60. The van der Waals surface area contributed by atoms with Crippen molar-refractivity contribution >= 4 is 11.8 Å². The number of aromatic nitrogens is 2. The fraction of sp³-hybridized carbons (Fsp3) is 0.600. The van der Waals surface area contributed by atoms with Crippen LogP contribution >= 0.6 is 0 Å². The van der Waals surface area contributed by atoms with E-state index in [9.17, 15) is 0 Å². The van der Waals surface area contributed by atoms with Crippen LogP contribution in [0.15, 0.2) is 6.07 Å². The average Bonchev–Trinajstić information content (AvgIpc) is 2.14. The molecule has 78 valence electrons. The van der Waals surface area contributed by atoms with Crippen LogP contribution in [-0.4, -0.2) is 23.1 Å². The summed E-state index contributed by atoms with van der Waals surface area (Å²) in [6.45, 7) is 7.93. The van der Waals surface area contributed by atoms with Crippen LogP contribution in [0.5, 0.6) is 0 Å². The highest BCUT2D eigenvalue weighted by Crippen LogP contribution is 2.08. The molecule has 0 amide bonds. The Morgan fingerprint density at radius 1 is 1.21 bits per heavy atom. The Morgan fingerprint density at radius 2 is 2.00 bits per heavy atom. The summed E-state index contributed by atoms with van der Waals surface area (Å²) in [6.07, 6.45) is 1.10. The molecule has 0 aliphatic heterocycles. The molecule has 14 heavy (non-hydrogen) atoms. The van der Waals surface area contributed by atoms with Gasteiger partial charge in [-0.2, -0.15) is 4.98 Å². The molecule has 0 saturated carbocycles. The van der Waals surface area contributed by atoms with E-state index in [0.717, 1.165) is 31.0 Å². The van der Waals surface area contributed by atoms with Gasteiger partial charge in [-0.3, -0.25) is 0 Å². The molecule has 0 aliphatic rings. The fourth-order valence-corrected chi connectivity index (χ4v) is 1.15. The molecule has 0 fully saturated rings. The summed E-state index contributed by atoms with van der Waals surface area (Å²) >= 11 is 0. The summed E-state index contributed by atoms with van der Waals surface area (Å²) in [5, 5.41) is 6.35. The molecule has 0 aliphatic carbocycles. The predicted octanol–water partition coefficient (Wildman–Crippen LogP) is 2.04. The molecular formula is C10H18N4. The number of hydrogen-bond acceptors (Lipinski definition) is 4. The van der Waals surface area contributed by atoms with Gasteiger partial charge in [0.1, 0.15) is 5.82 Å². The normalized spacial score (nSPS) is 9.93. The van der Waals surface area contributed by atoms with Gasteiger partial charge in [-0.15, -0.1) is 0 Å². The van der Waals surface area contributed by atoms with Gasteiger partial charge in [0.2, 0.25) is 5.95 Å². The smallest absolute Gasteiger partial charge is 0.224 e. The lowest BCUT2D eigenvalue weighted by molar-refractivity contribution is 0.958. The van der Waals surface area contributed by atoms with Crippen molar-refractivity contribution in [1.82, 2.24) is 9.97 Å². The third-order valence-corrected chi connectivity index (χ3v) is 1.75. The highest BCUT2D eigenvalue weighted by Gasteiger charge is 1.99. The Bertz CT molecular complexity index is 285. The molecule has 0 unspecified atom stereocenters. The monoisotopic (exact) mass is 194 g/mol. The van der Waals surface area contributed by atoms with Crippen LogP contribution in [0, 0.1) is 6.92 Å². The maximum Gasteiger partial charge on any atom is 0.224 e. The van der Waals surface area contributed by atoms with Gasteiger partial charge in [0.25, 0.3) is 0 Å². The lowest BCUT2D eigenvalue weighted by Crippen LogP contribution is -2.07. The number of aryl methyl sites for hydroxylation is 1. The zero-order valence-electron chi connectivity index (χ0n) is 9.09. The molecule has 0 saturated heterocycles. The van der Waals surface area contributed by atoms with Crippen LogP contribution in [0.3, 0.4) is 0 Å². The van der Waals surface area contributed by atoms with Gasteiger partial charge in [-0.25, -0.2) is 4.98 Å². The van der Waals surface area contributed by atoms with Crippen molar-refractivity contribution in [2.75, 3.05) is 23.7 Å². The zero-order valence-corrected chi connectivity index (χ0v) is 9.09. The predicted molar refractivity (Wildman–Crippen MR) is 59.7 cm³/mol. The van der Waals surface area contributed by atoms with Gasteiger partial charge >= 0.3 is 0 Å². The molecule has 2 N–H and O–H groups in total. The van der Waals surface area contributed by atoms with Crippen molar-refractivity contribution in [1.29, 1.82) is 0 Å². The van der Waals surface area contributed by atoms with Crippen molar-refractivity contribution < 1.29 is 0 Å². The standard InChI is InChI=1S/C10H18N4/c1-4-6-12-9-7-8(3)13-10(14-9)11-5-2/h7H,4-6H2,1-3H3,(H2,11,12,13,14). The first kappa shape index (κ1) is 10.8. The minimum absolute atomic E-state index is 0.700. The summed E-state index contributed by atoms with van der Waals surface area (Å²) in [6, 6.07) is 1.95. The number of anilines is 2. The Kier molecular flexibility index (Phi) is 4.16. The number of rotatable bonds is 5. The van der Waals surface area contributed by atoms with Crippen molar-refractivity contribution in [2.45, 2.75) is 27.2 Å². The third kappa shape index (κ3) is 3.20. The molecule has 1 heterocycles. The van der Waals surface area contributed by atoms with E-state index < -0.39 is 0 Å². The van der Waals surface area contributed by atoms with Crippen molar-refractivity contribution in [3.63, 3.8) is 0 Å². The molecule has 4 heteroatoms. The first-order chi connectivity index (χ1) is 6.76. The highest BCUT2D eigenvalue weighted by molar-refractivity contribution is 5.41. The van der Waals surface area contributed by atoms with Crippen LogP contribution in [-0.2, 0) is 0 Å². The van der Waals surface area contributed by atoms with Gasteiger partial charge < -0.3 is 10.6 Å². The fourth-order valence-electron chi connectivity index (χ4n) is 1.15. The first-order valence-corrected chi connectivity index (χ1v) is 5.09. The van der Waals surface area contributed by atoms with Crippen LogP contribution in [0.2, 0.25) is 0 Å². The molecule has 1 aromatic heterocycles. The van der Waals surface area contributed by atoms with Gasteiger partial charge in [-0.1, -0.05) is 6.92 Å². The van der Waals surface area contributed by atoms with E-state index in [1.165, 1.54) is 0 Å². The van der Waals surface area contributed by atoms with Gasteiger partial charge in [0, 0.05) is 24.8 Å². The number of nitrogens with one attached hydrogen (secondary N) is 2. The molecule has 0 bridgehead atoms. The van der Waals surface area contributed by atoms with Crippen LogP contribution in [0.4, 0.5) is 11.8 Å². The van der Waals surface area contributed by atoms with E-state index in [2.05, 4.69) is 27.5 Å². The molecule has 1 aromatic rings. The summed E-state index contributed by atoms with van der Waals surface area (Å²) < 4.78 is 0. The largest absolute Gasteiger partial charge is 0.370 e. The lowest BCUT2D eigenvalue weighted by Gasteiger charge is -2.07. The maximum atomic E-state index is 4.33.